The van der Waals surface area contributed by atoms with E-state index >= 15 is 0 Å². The predicted octanol–water partition coefficient (Wildman–Crippen LogP) is 0.234. The van der Waals surface area contributed by atoms with Gasteiger partial charge in [-0.2, -0.15) is 0 Å². The average Bonchev–Trinajstić information content (AvgIpc) is 2.28. The molecule has 4 N–H and O–H groups in total. The summed E-state index contributed by atoms with van der Waals surface area (Å²) in [5.74, 6) is -0.209. The van der Waals surface area contributed by atoms with E-state index in [1.54, 1.807) is 6.07 Å². The molecular formula is C11H17N3O2. The maximum atomic E-state index is 11.5. The molecule has 1 rings (SSSR count). The van der Waals surface area contributed by atoms with Crippen molar-refractivity contribution in [3.63, 3.8) is 0 Å². The zero-order valence-corrected chi connectivity index (χ0v) is 9.16. The summed E-state index contributed by atoms with van der Waals surface area (Å²) in [6, 6.07) is 2.87. The van der Waals surface area contributed by atoms with Gasteiger partial charge in [-0.15, -0.1) is 0 Å². The lowest BCUT2D eigenvalue weighted by atomic mass is 10.2. The molecular weight excluding hydrogens is 206 g/mol. The highest BCUT2D eigenvalue weighted by Gasteiger charge is 2.04. The molecule has 5 nitrogen and oxygen atoms in total. The average molecular weight is 223 g/mol. The van der Waals surface area contributed by atoms with Crippen LogP contribution < -0.4 is 16.6 Å². The second-order valence-electron chi connectivity index (χ2n) is 3.55. The third-order valence-electron chi connectivity index (χ3n) is 2.20. The number of aromatic nitrogens is 1. The molecule has 1 heterocycles. The molecule has 0 aromatic carbocycles. The molecule has 0 unspecified atom stereocenters. The van der Waals surface area contributed by atoms with Gasteiger partial charge in [0, 0.05) is 24.4 Å². The van der Waals surface area contributed by atoms with Gasteiger partial charge in [0.25, 0.3) is 5.91 Å². The minimum atomic E-state index is -0.268. The van der Waals surface area contributed by atoms with Gasteiger partial charge in [0.15, 0.2) is 0 Å². The van der Waals surface area contributed by atoms with Gasteiger partial charge in [-0.25, -0.2) is 0 Å². The number of carbonyl (C=O) groups is 1. The van der Waals surface area contributed by atoms with Crippen molar-refractivity contribution in [2.75, 3.05) is 13.1 Å². The summed E-state index contributed by atoms with van der Waals surface area (Å²) >= 11 is 0. The van der Waals surface area contributed by atoms with Gasteiger partial charge in [0.1, 0.15) is 0 Å². The van der Waals surface area contributed by atoms with Crippen molar-refractivity contribution >= 4 is 5.91 Å². The Morgan fingerprint density at radius 3 is 2.88 bits per heavy atom. The first kappa shape index (κ1) is 12.4. The van der Waals surface area contributed by atoms with Gasteiger partial charge in [-0.1, -0.05) is 6.42 Å². The fourth-order valence-corrected chi connectivity index (χ4v) is 1.34. The summed E-state index contributed by atoms with van der Waals surface area (Å²) < 4.78 is 0. The van der Waals surface area contributed by atoms with Crippen LogP contribution in [0.1, 0.15) is 29.6 Å². The summed E-state index contributed by atoms with van der Waals surface area (Å²) in [6.45, 7) is 1.30. The molecule has 88 valence electrons. The van der Waals surface area contributed by atoms with Gasteiger partial charge in [-0.05, 0) is 25.5 Å². The number of rotatable bonds is 6. The molecule has 0 saturated carbocycles. The van der Waals surface area contributed by atoms with Crippen LogP contribution in [0, 0.1) is 0 Å². The molecule has 1 amide bonds. The Morgan fingerprint density at radius 1 is 1.38 bits per heavy atom. The fraction of sp³-hybridized carbons (Fsp3) is 0.455. The quantitative estimate of drug-likeness (QED) is 0.603. The van der Waals surface area contributed by atoms with Gasteiger partial charge < -0.3 is 16.0 Å². The molecule has 5 heteroatoms. The van der Waals surface area contributed by atoms with Crippen LogP contribution in [-0.4, -0.2) is 24.0 Å². The van der Waals surface area contributed by atoms with Crippen molar-refractivity contribution in [3.05, 3.63) is 34.2 Å². The van der Waals surface area contributed by atoms with Crippen molar-refractivity contribution in [2.45, 2.75) is 19.3 Å². The van der Waals surface area contributed by atoms with Crippen LogP contribution in [0.15, 0.2) is 23.1 Å². The Balaban J connectivity index is 2.33. The first-order chi connectivity index (χ1) is 7.74. The molecule has 1 aromatic heterocycles. The molecule has 1 aromatic rings. The Labute approximate surface area is 94.1 Å². The Bertz CT molecular complexity index is 387. The minimum Gasteiger partial charge on any atom is -0.352 e. The molecule has 0 atom stereocenters. The Kier molecular flexibility index (Phi) is 5.28. The van der Waals surface area contributed by atoms with Crippen LogP contribution in [0.5, 0.6) is 0 Å². The molecule has 16 heavy (non-hydrogen) atoms. The zero-order valence-electron chi connectivity index (χ0n) is 9.16. The standard InChI is InChI=1S/C11H17N3O2/c12-5-2-1-3-6-14-11(16)9-4-7-13-10(15)8-9/h4,7-8H,1-3,5-6,12H2,(H,13,15)(H,14,16). The van der Waals surface area contributed by atoms with E-state index in [9.17, 15) is 9.59 Å². The molecule has 0 aliphatic heterocycles. The van der Waals surface area contributed by atoms with Crippen molar-refractivity contribution in [2.24, 2.45) is 5.73 Å². The molecule has 0 bridgehead atoms. The molecule has 0 spiro atoms. The van der Waals surface area contributed by atoms with Gasteiger partial charge in [0.2, 0.25) is 5.56 Å². The molecule has 0 radical (unpaired) electrons. The van der Waals surface area contributed by atoms with Gasteiger partial charge in [-0.3, -0.25) is 9.59 Å². The van der Waals surface area contributed by atoms with E-state index in [1.165, 1.54) is 12.3 Å². The van der Waals surface area contributed by atoms with Crippen LogP contribution in [0.4, 0.5) is 0 Å². The summed E-state index contributed by atoms with van der Waals surface area (Å²) in [5, 5.41) is 2.75. The van der Waals surface area contributed by atoms with E-state index in [0.29, 0.717) is 18.7 Å². The normalized spacial score (nSPS) is 10.1. The van der Waals surface area contributed by atoms with Crippen molar-refractivity contribution in [1.82, 2.24) is 10.3 Å². The molecule has 0 aliphatic carbocycles. The highest BCUT2D eigenvalue weighted by molar-refractivity contribution is 5.93. The number of nitrogens with two attached hydrogens (primary N) is 1. The van der Waals surface area contributed by atoms with Crippen LogP contribution in [0.2, 0.25) is 0 Å². The number of amides is 1. The highest BCUT2D eigenvalue weighted by Crippen LogP contribution is 1.95. The largest absolute Gasteiger partial charge is 0.352 e. The number of aromatic amines is 1. The summed E-state index contributed by atoms with van der Waals surface area (Å²) in [7, 11) is 0. The number of carbonyl (C=O) groups excluding carboxylic acids is 1. The minimum absolute atomic E-state index is 0.209. The lowest BCUT2D eigenvalue weighted by Gasteiger charge is -2.04. The van der Waals surface area contributed by atoms with E-state index in [0.717, 1.165) is 19.3 Å². The first-order valence-corrected chi connectivity index (χ1v) is 5.41. The number of hydrogen-bond acceptors (Lipinski definition) is 3. The second kappa shape index (κ2) is 6.79. The number of hydrogen-bond donors (Lipinski definition) is 3. The van der Waals surface area contributed by atoms with Gasteiger partial charge in [0.05, 0.1) is 0 Å². The first-order valence-electron chi connectivity index (χ1n) is 5.41. The highest BCUT2D eigenvalue weighted by atomic mass is 16.2. The number of nitrogens with one attached hydrogen (secondary N) is 2. The Hall–Kier alpha value is -1.62. The molecule has 0 fully saturated rings. The SMILES string of the molecule is NCCCCCNC(=O)c1cc[nH]c(=O)c1. The van der Waals surface area contributed by atoms with E-state index in [-0.39, 0.29) is 11.5 Å². The predicted molar refractivity (Wildman–Crippen MR) is 62.3 cm³/mol. The number of pyridine rings is 1. The lowest BCUT2D eigenvalue weighted by Crippen LogP contribution is -2.25. The van der Waals surface area contributed by atoms with E-state index < -0.39 is 0 Å². The second-order valence-corrected chi connectivity index (χ2v) is 3.55. The van der Waals surface area contributed by atoms with E-state index in [1.807, 2.05) is 0 Å². The third kappa shape index (κ3) is 4.27. The molecule has 0 aliphatic rings. The topological polar surface area (TPSA) is 88.0 Å². The maximum Gasteiger partial charge on any atom is 0.251 e. The van der Waals surface area contributed by atoms with Gasteiger partial charge >= 0.3 is 0 Å². The van der Waals surface area contributed by atoms with Crippen LogP contribution in [0.25, 0.3) is 0 Å². The van der Waals surface area contributed by atoms with Crippen molar-refractivity contribution in [1.29, 1.82) is 0 Å². The van der Waals surface area contributed by atoms with E-state index in [2.05, 4.69) is 10.3 Å². The fourth-order valence-electron chi connectivity index (χ4n) is 1.34. The zero-order chi connectivity index (χ0) is 11.8. The monoisotopic (exact) mass is 223 g/mol. The van der Waals surface area contributed by atoms with Crippen LogP contribution in [-0.2, 0) is 0 Å². The summed E-state index contributed by atoms with van der Waals surface area (Å²) in [4.78, 5) is 25.0. The molecule has 0 saturated heterocycles. The smallest absolute Gasteiger partial charge is 0.251 e. The van der Waals surface area contributed by atoms with Crippen LogP contribution >= 0.6 is 0 Å². The number of H-pyrrole nitrogens is 1. The van der Waals surface area contributed by atoms with Crippen molar-refractivity contribution in [3.8, 4) is 0 Å². The Morgan fingerprint density at radius 2 is 2.19 bits per heavy atom. The lowest BCUT2D eigenvalue weighted by molar-refractivity contribution is 0.0952. The van der Waals surface area contributed by atoms with E-state index in [4.69, 9.17) is 5.73 Å². The van der Waals surface area contributed by atoms with Crippen molar-refractivity contribution < 1.29 is 4.79 Å². The summed E-state index contributed by atoms with van der Waals surface area (Å²) in [5.41, 5.74) is 5.48. The van der Waals surface area contributed by atoms with Crippen LogP contribution in [0.3, 0.4) is 0 Å². The third-order valence-corrected chi connectivity index (χ3v) is 2.20. The number of unbranched alkanes of at least 4 members (excludes halogenated alkanes) is 2. The maximum absolute atomic E-state index is 11.5. The summed E-state index contributed by atoms with van der Waals surface area (Å²) in [6.07, 6.45) is 4.35.